The predicted molar refractivity (Wildman–Crippen MR) is 59.5 cm³/mol. The van der Waals surface area contributed by atoms with E-state index in [1.807, 2.05) is 4.90 Å². The Hall–Kier alpha value is -0.870. The summed E-state index contributed by atoms with van der Waals surface area (Å²) in [5.41, 5.74) is -0.0965. The van der Waals surface area contributed by atoms with Crippen molar-refractivity contribution >= 4 is 5.91 Å². The second kappa shape index (κ2) is 4.77. The molecule has 1 unspecified atom stereocenters. The van der Waals surface area contributed by atoms with Crippen molar-refractivity contribution in [1.29, 1.82) is 0 Å². The van der Waals surface area contributed by atoms with Crippen molar-refractivity contribution in [2.24, 2.45) is 0 Å². The van der Waals surface area contributed by atoms with Gasteiger partial charge < -0.3 is 10.4 Å². The molecule has 1 aliphatic rings. The first-order valence-corrected chi connectivity index (χ1v) is 5.29. The van der Waals surface area contributed by atoms with Gasteiger partial charge in [0.2, 0.25) is 5.91 Å². The van der Waals surface area contributed by atoms with Crippen molar-refractivity contribution in [1.82, 2.24) is 10.2 Å². The maximum Gasteiger partial charge on any atom is 0.239 e. The topological polar surface area (TPSA) is 52.6 Å². The summed E-state index contributed by atoms with van der Waals surface area (Å²) in [6.45, 7) is 8.98. The number of nitrogens with zero attached hydrogens (tertiary/aromatic N) is 1. The van der Waals surface area contributed by atoms with Gasteiger partial charge in [0, 0.05) is 18.6 Å². The molecule has 1 heterocycles. The number of nitrogens with one attached hydrogen (secondary N) is 1. The van der Waals surface area contributed by atoms with E-state index in [9.17, 15) is 9.90 Å². The van der Waals surface area contributed by atoms with Crippen LogP contribution in [-0.4, -0.2) is 47.2 Å². The fraction of sp³-hybridized carbons (Fsp3) is 0.727. The Morgan fingerprint density at radius 1 is 1.73 bits per heavy atom. The van der Waals surface area contributed by atoms with Crippen molar-refractivity contribution in [2.75, 3.05) is 19.7 Å². The summed E-state index contributed by atoms with van der Waals surface area (Å²) in [7, 11) is 0. The van der Waals surface area contributed by atoms with Gasteiger partial charge in [0.05, 0.1) is 6.61 Å². The summed E-state index contributed by atoms with van der Waals surface area (Å²) in [5, 5.41) is 12.1. The lowest BCUT2D eigenvalue weighted by molar-refractivity contribution is -0.128. The van der Waals surface area contributed by atoms with E-state index >= 15 is 0 Å². The van der Waals surface area contributed by atoms with Crippen LogP contribution in [0.15, 0.2) is 12.7 Å². The monoisotopic (exact) mass is 212 g/mol. The van der Waals surface area contributed by atoms with Crippen LogP contribution in [0.1, 0.15) is 20.3 Å². The number of carbonyl (C=O) groups is 1. The minimum absolute atomic E-state index is 0.0927. The Morgan fingerprint density at radius 2 is 2.40 bits per heavy atom. The zero-order chi connectivity index (χ0) is 11.5. The molecule has 0 radical (unpaired) electrons. The number of rotatable bonds is 3. The van der Waals surface area contributed by atoms with E-state index in [-0.39, 0.29) is 18.1 Å². The highest BCUT2D eigenvalue weighted by molar-refractivity contribution is 5.82. The van der Waals surface area contributed by atoms with E-state index in [1.165, 1.54) is 0 Å². The van der Waals surface area contributed by atoms with E-state index in [0.29, 0.717) is 13.1 Å². The van der Waals surface area contributed by atoms with Gasteiger partial charge in [0.25, 0.3) is 0 Å². The molecule has 1 amide bonds. The third kappa shape index (κ3) is 2.58. The molecule has 1 rings (SSSR count). The molecule has 0 aromatic heterocycles. The first kappa shape index (κ1) is 12.2. The van der Waals surface area contributed by atoms with Gasteiger partial charge in [-0.15, -0.1) is 6.58 Å². The van der Waals surface area contributed by atoms with Crippen LogP contribution in [0.4, 0.5) is 0 Å². The molecule has 4 heteroatoms. The van der Waals surface area contributed by atoms with Crippen LogP contribution < -0.4 is 5.32 Å². The Balaban J connectivity index is 2.94. The van der Waals surface area contributed by atoms with Crippen LogP contribution in [-0.2, 0) is 4.79 Å². The molecule has 2 N–H and O–H groups in total. The molecule has 86 valence electrons. The molecule has 1 aliphatic heterocycles. The van der Waals surface area contributed by atoms with Gasteiger partial charge in [-0.2, -0.15) is 0 Å². The Kier molecular flexibility index (Phi) is 3.88. The molecule has 0 aromatic rings. The number of amides is 1. The van der Waals surface area contributed by atoms with E-state index in [0.717, 1.165) is 6.42 Å². The second-order valence-corrected chi connectivity index (χ2v) is 4.49. The summed E-state index contributed by atoms with van der Waals surface area (Å²) >= 11 is 0. The van der Waals surface area contributed by atoms with Gasteiger partial charge in [-0.25, -0.2) is 0 Å². The number of aliphatic hydroxyl groups is 1. The van der Waals surface area contributed by atoms with Gasteiger partial charge in [-0.05, 0) is 20.3 Å². The van der Waals surface area contributed by atoms with Crippen molar-refractivity contribution in [3.8, 4) is 0 Å². The first-order chi connectivity index (χ1) is 7.03. The SMILES string of the molecule is C=CCN1C(CO)C(=O)NCCC1(C)C. The summed E-state index contributed by atoms with van der Waals surface area (Å²) in [4.78, 5) is 13.7. The number of hydrogen-bond acceptors (Lipinski definition) is 3. The molecular weight excluding hydrogens is 192 g/mol. The second-order valence-electron chi connectivity index (χ2n) is 4.49. The molecule has 0 aromatic carbocycles. The Morgan fingerprint density at radius 3 is 2.93 bits per heavy atom. The average Bonchev–Trinajstić information content (AvgIpc) is 2.26. The average molecular weight is 212 g/mol. The molecule has 1 fully saturated rings. The largest absolute Gasteiger partial charge is 0.394 e. The first-order valence-electron chi connectivity index (χ1n) is 5.29. The number of carbonyl (C=O) groups excluding carboxylic acids is 1. The molecular formula is C11H20N2O2. The Labute approximate surface area is 91.0 Å². The Bertz CT molecular complexity index is 251. The van der Waals surface area contributed by atoms with Gasteiger partial charge in [-0.1, -0.05) is 6.08 Å². The standard InChI is InChI=1S/C11H20N2O2/c1-4-7-13-9(8-14)10(15)12-6-5-11(13,2)3/h4,9,14H,1,5-8H2,2-3H3,(H,12,15). The highest BCUT2D eigenvalue weighted by atomic mass is 16.3. The lowest BCUT2D eigenvalue weighted by Gasteiger charge is -2.39. The summed E-state index contributed by atoms with van der Waals surface area (Å²) in [6.07, 6.45) is 2.64. The van der Waals surface area contributed by atoms with Crippen LogP contribution in [0.2, 0.25) is 0 Å². The van der Waals surface area contributed by atoms with Gasteiger partial charge >= 0.3 is 0 Å². The maximum atomic E-state index is 11.7. The van der Waals surface area contributed by atoms with E-state index in [1.54, 1.807) is 6.08 Å². The molecule has 0 aliphatic carbocycles. The van der Waals surface area contributed by atoms with Crippen LogP contribution in [0.25, 0.3) is 0 Å². The number of hydrogen-bond donors (Lipinski definition) is 2. The smallest absolute Gasteiger partial charge is 0.239 e. The molecule has 0 spiro atoms. The van der Waals surface area contributed by atoms with Crippen LogP contribution in [0.3, 0.4) is 0 Å². The van der Waals surface area contributed by atoms with Crippen LogP contribution in [0.5, 0.6) is 0 Å². The summed E-state index contributed by atoms with van der Waals surface area (Å²) in [6, 6.07) is -0.458. The van der Waals surface area contributed by atoms with E-state index in [4.69, 9.17) is 0 Å². The van der Waals surface area contributed by atoms with Crippen LogP contribution in [0, 0.1) is 0 Å². The predicted octanol–water partition coefficient (Wildman–Crippen LogP) is 0.134. The third-order valence-electron chi connectivity index (χ3n) is 2.99. The minimum atomic E-state index is -0.458. The fourth-order valence-electron chi connectivity index (χ4n) is 2.01. The molecule has 0 bridgehead atoms. The summed E-state index contributed by atoms with van der Waals surface area (Å²) < 4.78 is 0. The molecule has 1 atom stereocenters. The lowest BCUT2D eigenvalue weighted by Crippen LogP contribution is -2.54. The van der Waals surface area contributed by atoms with Crippen molar-refractivity contribution in [2.45, 2.75) is 31.8 Å². The van der Waals surface area contributed by atoms with Crippen molar-refractivity contribution < 1.29 is 9.90 Å². The highest BCUT2D eigenvalue weighted by Crippen LogP contribution is 2.23. The molecule has 4 nitrogen and oxygen atoms in total. The highest BCUT2D eigenvalue weighted by Gasteiger charge is 2.37. The van der Waals surface area contributed by atoms with Gasteiger partial charge in [0.1, 0.15) is 6.04 Å². The van der Waals surface area contributed by atoms with Gasteiger partial charge in [0.15, 0.2) is 0 Å². The van der Waals surface area contributed by atoms with Crippen molar-refractivity contribution in [3.63, 3.8) is 0 Å². The lowest BCUT2D eigenvalue weighted by atomic mass is 9.97. The molecule has 1 saturated heterocycles. The quantitative estimate of drug-likeness (QED) is 0.654. The number of aliphatic hydroxyl groups excluding tert-OH is 1. The fourth-order valence-corrected chi connectivity index (χ4v) is 2.01. The zero-order valence-corrected chi connectivity index (χ0v) is 9.49. The molecule has 15 heavy (non-hydrogen) atoms. The summed E-state index contributed by atoms with van der Waals surface area (Å²) in [5.74, 6) is -0.0927. The van der Waals surface area contributed by atoms with E-state index < -0.39 is 6.04 Å². The van der Waals surface area contributed by atoms with Gasteiger partial charge in [-0.3, -0.25) is 9.69 Å². The maximum absolute atomic E-state index is 11.7. The molecule has 0 saturated carbocycles. The normalized spacial score (nSPS) is 26.9. The van der Waals surface area contributed by atoms with E-state index in [2.05, 4.69) is 25.7 Å². The van der Waals surface area contributed by atoms with Crippen molar-refractivity contribution in [3.05, 3.63) is 12.7 Å². The van der Waals surface area contributed by atoms with Crippen LogP contribution >= 0.6 is 0 Å². The minimum Gasteiger partial charge on any atom is -0.394 e. The third-order valence-corrected chi connectivity index (χ3v) is 2.99. The zero-order valence-electron chi connectivity index (χ0n) is 9.49.